The zero-order valence-electron chi connectivity index (χ0n) is 6.15. The lowest BCUT2D eigenvalue weighted by molar-refractivity contribution is 0.228. The van der Waals surface area contributed by atoms with Crippen molar-refractivity contribution in [3.05, 3.63) is 0 Å². The maximum absolute atomic E-state index is 8.91. The Morgan fingerprint density at radius 1 is 1.44 bits per heavy atom. The molecule has 0 bridgehead atoms. The van der Waals surface area contributed by atoms with Gasteiger partial charge in [0.05, 0.1) is 0 Å². The van der Waals surface area contributed by atoms with Gasteiger partial charge in [-0.2, -0.15) is 0 Å². The van der Waals surface area contributed by atoms with Gasteiger partial charge < -0.3 is 5.11 Å². The van der Waals surface area contributed by atoms with Crippen molar-refractivity contribution in [2.75, 3.05) is 0 Å². The third-order valence-electron chi connectivity index (χ3n) is 1.03. The van der Waals surface area contributed by atoms with Crippen molar-refractivity contribution in [1.82, 2.24) is 0 Å². The van der Waals surface area contributed by atoms with Gasteiger partial charge in [-0.15, -0.1) is 5.92 Å². The van der Waals surface area contributed by atoms with E-state index >= 15 is 0 Å². The van der Waals surface area contributed by atoms with E-state index in [1.807, 2.05) is 6.92 Å². The van der Waals surface area contributed by atoms with Crippen LogP contribution in [-0.4, -0.2) is 11.2 Å². The van der Waals surface area contributed by atoms with Crippen LogP contribution in [0.5, 0.6) is 0 Å². The molecule has 0 aliphatic heterocycles. The normalized spacial score (nSPS) is 11.9. The summed E-state index contributed by atoms with van der Waals surface area (Å²) in [4.78, 5) is 0. The number of rotatable bonds is 2. The molecule has 0 rings (SSSR count). The maximum atomic E-state index is 8.91. The van der Waals surface area contributed by atoms with Crippen LogP contribution in [0.3, 0.4) is 0 Å². The van der Waals surface area contributed by atoms with Crippen LogP contribution >= 0.6 is 0 Å². The fourth-order valence-electron chi connectivity index (χ4n) is 0.417. The Hall–Kier alpha value is -0.480. The highest BCUT2D eigenvalue weighted by Crippen LogP contribution is 1.87. The van der Waals surface area contributed by atoms with Gasteiger partial charge in [-0.3, -0.25) is 0 Å². The van der Waals surface area contributed by atoms with E-state index in [1.165, 1.54) is 0 Å². The summed E-state index contributed by atoms with van der Waals surface area (Å²) in [6, 6.07) is 0. The van der Waals surface area contributed by atoms with Gasteiger partial charge in [0.25, 0.3) is 0 Å². The summed E-state index contributed by atoms with van der Waals surface area (Å²) in [6.45, 7) is 4.00. The van der Waals surface area contributed by atoms with Crippen LogP contribution in [0, 0.1) is 11.8 Å². The van der Waals surface area contributed by atoms with Gasteiger partial charge in [-0.05, 0) is 12.8 Å². The van der Waals surface area contributed by atoms with E-state index in [2.05, 4.69) is 18.8 Å². The number of unbranched alkanes of at least 4 members (excludes halogenated alkanes) is 1. The minimum atomic E-state index is -0.406. The number of aliphatic hydroxyl groups excluding tert-OH is 1. The number of hydrogen-bond acceptors (Lipinski definition) is 1. The summed E-state index contributed by atoms with van der Waals surface area (Å²) in [6.07, 6.45) is 2.30. The summed E-state index contributed by atoms with van der Waals surface area (Å²) in [5, 5.41) is 8.91. The first-order chi connectivity index (χ1) is 4.31. The van der Waals surface area contributed by atoms with Crippen molar-refractivity contribution in [3.63, 3.8) is 0 Å². The predicted octanol–water partition coefficient (Wildman–Crippen LogP) is 1.56. The molecule has 0 spiro atoms. The molecule has 0 aromatic heterocycles. The van der Waals surface area contributed by atoms with Crippen LogP contribution in [0.4, 0.5) is 0 Å². The van der Waals surface area contributed by atoms with E-state index in [1.54, 1.807) is 0 Å². The van der Waals surface area contributed by atoms with Crippen LogP contribution in [0.1, 0.15) is 33.1 Å². The Morgan fingerprint density at radius 3 is 2.56 bits per heavy atom. The van der Waals surface area contributed by atoms with Crippen molar-refractivity contribution < 1.29 is 5.11 Å². The molecule has 0 heterocycles. The molecular weight excluding hydrogens is 112 g/mol. The smallest absolute Gasteiger partial charge is 0.114 e. The van der Waals surface area contributed by atoms with Crippen molar-refractivity contribution >= 4 is 0 Å². The molecule has 0 radical (unpaired) electrons. The quantitative estimate of drug-likeness (QED) is 0.557. The van der Waals surface area contributed by atoms with Crippen LogP contribution in [0.15, 0.2) is 0 Å². The van der Waals surface area contributed by atoms with Gasteiger partial charge in [0.1, 0.15) is 6.10 Å². The lowest BCUT2D eigenvalue weighted by Crippen LogP contribution is -1.98. The molecule has 0 aliphatic carbocycles. The first-order valence-corrected chi connectivity index (χ1v) is 3.47. The molecule has 1 N–H and O–H groups in total. The molecule has 52 valence electrons. The van der Waals surface area contributed by atoms with Gasteiger partial charge in [0, 0.05) is 6.42 Å². The van der Waals surface area contributed by atoms with E-state index in [9.17, 15) is 0 Å². The Morgan fingerprint density at radius 2 is 2.11 bits per heavy atom. The largest absolute Gasteiger partial charge is 0.380 e. The standard InChI is InChI=1S/C8H14O/c1-3-5-6-7-8(9)4-2/h8-9H,3-5H2,1-2H3/t8-/m1/s1. The summed E-state index contributed by atoms with van der Waals surface area (Å²) in [5.41, 5.74) is 0. The van der Waals surface area contributed by atoms with Crippen molar-refractivity contribution in [1.29, 1.82) is 0 Å². The molecule has 1 atom stereocenters. The summed E-state index contributed by atoms with van der Waals surface area (Å²) < 4.78 is 0. The Bertz CT molecular complexity index is 107. The molecule has 0 aliphatic rings. The first-order valence-electron chi connectivity index (χ1n) is 3.47. The minimum absolute atomic E-state index is 0.406. The van der Waals surface area contributed by atoms with Crippen molar-refractivity contribution in [3.8, 4) is 11.8 Å². The predicted molar refractivity (Wildman–Crippen MR) is 39.0 cm³/mol. The van der Waals surface area contributed by atoms with Gasteiger partial charge in [-0.1, -0.05) is 19.8 Å². The van der Waals surface area contributed by atoms with Crippen LogP contribution < -0.4 is 0 Å². The third kappa shape index (κ3) is 5.39. The zero-order valence-corrected chi connectivity index (χ0v) is 6.15. The average Bonchev–Trinajstić information content (AvgIpc) is 1.89. The minimum Gasteiger partial charge on any atom is -0.380 e. The van der Waals surface area contributed by atoms with E-state index in [4.69, 9.17) is 5.11 Å². The monoisotopic (exact) mass is 126 g/mol. The second-order valence-corrected chi connectivity index (χ2v) is 2.00. The fourth-order valence-corrected chi connectivity index (χ4v) is 0.417. The maximum Gasteiger partial charge on any atom is 0.114 e. The Kier molecular flexibility index (Phi) is 5.35. The molecule has 0 amide bonds. The van der Waals surface area contributed by atoms with Crippen molar-refractivity contribution in [2.24, 2.45) is 0 Å². The summed E-state index contributed by atoms with van der Waals surface area (Å²) >= 11 is 0. The highest BCUT2D eigenvalue weighted by atomic mass is 16.3. The van der Waals surface area contributed by atoms with Crippen LogP contribution in [0.2, 0.25) is 0 Å². The van der Waals surface area contributed by atoms with Gasteiger partial charge in [0.15, 0.2) is 0 Å². The highest BCUT2D eigenvalue weighted by Gasteiger charge is 1.89. The lowest BCUT2D eigenvalue weighted by Gasteiger charge is -1.92. The van der Waals surface area contributed by atoms with E-state index in [0.29, 0.717) is 0 Å². The molecule has 0 aromatic carbocycles. The van der Waals surface area contributed by atoms with E-state index in [0.717, 1.165) is 19.3 Å². The molecule has 0 saturated heterocycles. The topological polar surface area (TPSA) is 20.2 Å². The van der Waals surface area contributed by atoms with E-state index < -0.39 is 6.10 Å². The number of aliphatic hydroxyl groups is 1. The average molecular weight is 126 g/mol. The first kappa shape index (κ1) is 8.52. The molecule has 0 aromatic rings. The second kappa shape index (κ2) is 5.65. The summed E-state index contributed by atoms with van der Waals surface area (Å²) in [7, 11) is 0. The number of hydrogen-bond donors (Lipinski definition) is 1. The van der Waals surface area contributed by atoms with Gasteiger partial charge in [-0.25, -0.2) is 0 Å². The Balaban J connectivity index is 3.33. The molecule has 0 saturated carbocycles. The van der Waals surface area contributed by atoms with E-state index in [-0.39, 0.29) is 0 Å². The van der Waals surface area contributed by atoms with Crippen molar-refractivity contribution in [2.45, 2.75) is 39.2 Å². The molecule has 0 fully saturated rings. The second-order valence-electron chi connectivity index (χ2n) is 2.00. The molecule has 1 nitrogen and oxygen atoms in total. The van der Waals surface area contributed by atoms with Crippen LogP contribution in [0.25, 0.3) is 0 Å². The molecule has 9 heavy (non-hydrogen) atoms. The SMILES string of the molecule is CCCC#C[C@H](O)CC. The van der Waals surface area contributed by atoms with Gasteiger partial charge in [0.2, 0.25) is 0 Å². The molecule has 0 unspecified atom stereocenters. The Labute approximate surface area is 57.1 Å². The van der Waals surface area contributed by atoms with Gasteiger partial charge >= 0.3 is 0 Å². The molecular formula is C8H14O. The summed E-state index contributed by atoms with van der Waals surface area (Å²) in [5.74, 6) is 5.62. The third-order valence-corrected chi connectivity index (χ3v) is 1.03. The highest BCUT2D eigenvalue weighted by molar-refractivity contribution is 5.03. The lowest BCUT2D eigenvalue weighted by atomic mass is 10.2. The molecule has 1 heteroatoms. The van der Waals surface area contributed by atoms with Crippen LogP contribution in [-0.2, 0) is 0 Å². The fraction of sp³-hybridized carbons (Fsp3) is 0.750. The zero-order chi connectivity index (χ0) is 7.11.